The van der Waals surface area contributed by atoms with Gasteiger partial charge >= 0.3 is 5.97 Å². The molecular formula is C12H20N2O2. The molecule has 1 N–H and O–H groups in total. The molecule has 0 bridgehead atoms. The van der Waals surface area contributed by atoms with Crippen LogP contribution in [-0.2, 0) is 4.79 Å². The average Bonchev–Trinajstić information content (AvgIpc) is 2.27. The lowest BCUT2D eigenvalue weighted by molar-refractivity contribution is -0.143. The third kappa shape index (κ3) is 3.82. The van der Waals surface area contributed by atoms with Crippen LogP contribution in [0.2, 0.25) is 0 Å². The zero-order valence-corrected chi connectivity index (χ0v) is 10.1. The smallest absolute Gasteiger partial charge is 0.306 e. The van der Waals surface area contributed by atoms with Crippen LogP contribution in [-0.4, -0.2) is 35.6 Å². The van der Waals surface area contributed by atoms with Crippen molar-refractivity contribution in [2.45, 2.75) is 33.1 Å². The van der Waals surface area contributed by atoms with Crippen molar-refractivity contribution in [3.8, 4) is 6.07 Å². The number of carbonyl (C=O) groups is 1. The van der Waals surface area contributed by atoms with E-state index in [0.29, 0.717) is 0 Å². The van der Waals surface area contributed by atoms with Crippen LogP contribution in [0.25, 0.3) is 0 Å². The van der Waals surface area contributed by atoms with Gasteiger partial charge in [-0.1, -0.05) is 0 Å². The molecular weight excluding hydrogens is 204 g/mol. The highest BCUT2D eigenvalue weighted by molar-refractivity contribution is 5.70. The first-order valence-corrected chi connectivity index (χ1v) is 5.81. The van der Waals surface area contributed by atoms with E-state index in [1.807, 2.05) is 13.8 Å². The van der Waals surface area contributed by atoms with Gasteiger partial charge in [0.05, 0.1) is 17.4 Å². The van der Waals surface area contributed by atoms with Gasteiger partial charge in [-0.05, 0) is 52.7 Å². The molecule has 0 aromatic carbocycles. The number of likely N-dealkylation sites (tertiary alicyclic amines) is 1. The summed E-state index contributed by atoms with van der Waals surface area (Å²) < 4.78 is 0. The first-order valence-electron chi connectivity index (χ1n) is 5.81. The summed E-state index contributed by atoms with van der Waals surface area (Å²) in [7, 11) is 0. The summed E-state index contributed by atoms with van der Waals surface area (Å²) in [5, 5.41) is 17.8. The van der Waals surface area contributed by atoms with Crippen LogP contribution in [0.5, 0.6) is 0 Å². The molecule has 16 heavy (non-hydrogen) atoms. The molecule has 0 aromatic rings. The van der Waals surface area contributed by atoms with E-state index in [4.69, 9.17) is 10.4 Å². The monoisotopic (exact) mass is 224 g/mol. The van der Waals surface area contributed by atoms with Gasteiger partial charge in [0.1, 0.15) is 0 Å². The summed E-state index contributed by atoms with van der Waals surface area (Å²) in [6, 6.07) is 2.29. The second-order valence-electron chi connectivity index (χ2n) is 5.20. The van der Waals surface area contributed by atoms with Gasteiger partial charge in [-0.15, -0.1) is 0 Å². The Morgan fingerprint density at radius 2 is 2.06 bits per heavy atom. The van der Waals surface area contributed by atoms with E-state index in [-0.39, 0.29) is 11.3 Å². The predicted molar refractivity (Wildman–Crippen MR) is 60.8 cm³/mol. The van der Waals surface area contributed by atoms with Crippen molar-refractivity contribution in [3.63, 3.8) is 0 Å². The van der Waals surface area contributed by atoms with E-state index >= 15 is 0 Å². The lowest BCUT2D eigenvalue weighted by Crippen LogP contribution is -2.37. The summed E-state index contributed by atoms with van der Waals surface area (Å²) >= 11 is 0. The summed E-state index contributed by atoms with van der Waals surface area (Å²) in [6.45, 7) is 6.47. The number of carboxylic acid groups (broad SMARTS) is 1. The molecule has 0 saturated carbocycles. The maximum absolute atomic E-state index is 10.8. The third-order valence-corrected chi connectivity index (χ3v) is 3.29. The molecule has 1 heterocycles. The summed E-state index contributed by atoms with van der Waals surface area (Å²) in [5.74, 6) is -0.836. The molecule has 90 valence electrons. The fraction of sp³-hybridized carbons (Fsp3) is 0.833. The number of hydrogen-bond acceptors (Lipinski definition) is 3. The minimum absolute atomic E-state index is 0.166. The van der Waals surface area contributed by atoms with Gasteiger partial charge in [-0.2, -0.15) is 5.26 Å². The molecule has 0 amide bonds. The van der Waals surface area contributed by atoms with Gasteiger partial charge in [0.15, 0.2) is 0 Å². The topological polar surface area (TPSA) is 64.3 Å². The van der Waals surface area contributed by atoms with Gasteiger partial charge in [-0.3, -0.25) is 4.79 Å². The Kier molecular flexibility index (Phi) is 4.31. The molecule has 1 rings (SSSR count). The summed E-state index contributed by atoms with van der Waals surface area (Å²) in [4.78, 5) is 13.0. The standard InChI is InChI=1S/C12H20N2O2/c1-12(2,9-13)5-8-14-6-3-10(4-7-14)11(15)16/h10H,3-8H2,1-2H3,(H,15,16). The lowest BCUT2D eigenvalue weighted by atomic mass is 9.90. The first-order chi connectivity index (χ1) is 7.44. The Hall–Kier alpha value is -1.08. The van der Waals surface area contributed by atoms with Gasteiger partial charge in [0.2, 0.25) is 0 Å². The van der Waals surface area contributed by atoms with Crippen LogP contribution >= 0.6 is 0 Å². The van der Waals surface area contributed by atoms with Crippen molar-refractivity contribution in [3.05, 3.63) is 0 Å². The molecule has 0 radical (unpaired) electrons. The molecule has 4 nitrogen and oxygen atoms in total. The normalized spacial score (nSPS) is 19.3. The van der Waals surface area contributed by atoms with Crippen LogP contribution in [0.4, 0.5) is 0 Å². The van der Waals surface area contributed by atoms with Crippen molar-refractivity contribution in [2.24, 2.45) is 11.3 Å². The van der Waals surface area contributed by atoms with Gasteiger partial charge in [-0.25, -0.2) is 0 Å². The maximum Gasteiger partial charge on any atom is 0.306 e. The second kappa shape index (κ2) is 5.31. The van der Waals surface area contributed by atoms with E-state index in [0.717, 1.165) is 38.9 Å². The maximum atomic E-state index is 10.8. The number of nitriles is 1. The Morgan fingerprint density at radius 3 is 2.50 bits per heavy atom. The zero-order valence-electron chi connectivity index (χ0n) is 10.1. The molecule has 1 fully saturated rings. The quantitative estimate of drug-likeness (QED) is 0.789. The largest absolute Gasteiger partial charge is 0.481 e. The minimum atomic E-state index is -0.669. The fourth-order valence-corrected chi connectivity index (χ4v) is 1.90. The molecule has 1 aliphatic rings. The minimum Gasteiger partial charge on any atom is -0.481 e. The van der Waals surface area contributed by atoms with Gasteiger partial charge < -0.3 is 10.0 Å². The molecule has 0 aromatic heterocycles. The highest BCUT2D eigenvalue weighted by atomic mass is 16.4. The fourth-order valence-electron chi connectivity index (χ4n) is 1.90. The third-order valence-electron chi connectivity index (χ3n) is 3.29. The Morgan fingerprint density at radius 1 is 1.50 bits per heavy atom. The van der Waals surface area contributed by atoms with E-state index < -0.39 is 5.97 Å². The molecule has 0 aliphatic carbocycles. The van der Waals surface area contributed by atoms with Crippen molar-refractivity contribution in [1.82, 2.24) is 4.90 Å². The van der Waals surface area contributed by atoms with E-state index in [1.165, 1.54) is 0 Å². The van der Waals surface area contributed by atoms with Crippen molar-refractivity contribution in [2.75, 3.05) is 19.6 Å². The predicted octanol–water partition coefficient (Wildman–Crippen LogP) is 1.72. The van der Waals surface area contributed by atoms with Gasteiger partial charge in [0, 0.05) is 0 Å². The number of nitrogens with zero attached hydrogens (tertiary/aromatic N) is 2. The van der Waals surface area contributed by atoms with Crippen LogP contribution in [0, 0.1) is 22.7 Å². The Labute approximate surface area is 96.9 Å². The highest BCUT2D eigenvalue weighted by Gasteiger charge is 2.25. The number of hydrogen-bond donors (Lipinski definition) is 1. The first kappa shape index (κ1) is 13.0. The average molecular weight is 224 g/mol. The summed E-state index contributed by atoms with van der Waals surface area (Å²) in [6.07, 6.45) is 2.33. The lowest BCUT2D eigenvalue weighted by Gasteiger charge is -2.31. The molecule has 1 aliphatic heterocycles. The zero-order chi connectivity index (χ0) is 12.2. The number of rotatable bonds is 4. The second-order valence-corrected chi connectivity index (χ2v) is 5.20. The van der Waals surface area contributed by atoms with Crippen LogP contribution in [0.15, 0.2) is 0 Å². The molecule has 0 spiro atoms. The van der Waals surface area contributed by atoms with Gasteiger partial charge in [0.25, 0.3) is 0 Å². The van der Waals surface area contributed by atoms with E-state index in [1.54, 1.807) is 0 Å². The van der Waals surface area contributed by atoms with Crippen molar-refractivity contribution < 1.29 is 9.90 Å². The molecule has 0 unspecified atom stereocenters. The molecule has 4 heteroatoms. The number of carboxylic acids is 1. The molecule has 1 saturated heterocycles. The Bertz CT molecular complexity index is 286. The van der Waals surface area contributed by atoms with E-state index in [9.17, 15) is 4.79 Å². The van der Waals surface area contributed by atoms with E-state index in [2.05, 4.69) is 11.0 Å². The van der Waals surface area contributed by atoms with Crippen LogP contribution in [0.3, 0.4) is 0 Å². The Balaban J connectivity index is 2.28. The van der Waals surface area contributed by atoms with Crippen LogP contribution in [0.1, 0.15) is 33.1 Å². The number of piperidine rings is 1. The number of aliphatic carboxylic acids is 1. The van der Waals surface area contributed by atoms with Crippen molar-refractivity contribution >= 4 is 5.97 Å². The SMILES string of the molecule is CC(C)(C#N)CCN1CCC(C(=O)O)CC1. The highest BCUT2D eigenvalue weighted by Crippen LogP contribution is 2.22. The molecule has 0 atom stereocenters. The van der Waals surface area contributed by atoms with Crippen molar-refractivity contribution in [1.29, 1.82) is 5.26 Å². The summed E-state index contributed by atoms with van der Waals surface area (Å²) in [5.41, 5.74) is -0.274. The van der Waals surface area contributed by atoms with Crippen LogP contribution < -0.4 is 0 Å².